The van der Waals surface area contributed by atoms with Crippen LogP contribution in [0, 0.1) is 12.8 Å². The Kier molecular flexibility index (Phi) is 4.08. The largest absolute Gasteiger partial charge is 0.480 e. The highest BCUT2D eigenvalue weighted by Crippen LogP contribution is 2.33. The lowest BCUT2D eigenvalue weighted by Gasteiger charge is -2.21. The topological polar surface area (TPSA) is 87.6 Å². The van der Waals surface area contributed by atoms with E-state index in [0.29, 0.717) is 5.39 Å². The van der Waals surface area contributed by atoms with E-state index >= 15 is 0 Å². The van der Waals surface area contributed by atoms with E-state index < -0.39 is 22.5 Å². The van der Waals surface area contributed by atoms with Crippen LogP contribution in [0.4, 0.5) is 0 Å². The van der Waals surface area contributed by atoms with Crippen LogP contribution in [0.15, 0.2) is 35.4 Å². The Hall–Kier alpha value is -1.99. The predicted octanol–water partition coefficient (Wildman–Crippen LogP) is 2.03. The van der Waals surface area contributed by atoms with Gasteiger partial charge in [0.1, 0.15) is 6.54 Å². The summed E-state index contributed by atoms with van der Waals surface area (Å²) in [5.74, 6) is -0.880. The molecular weight excluding hydrogens is 316 g/mol. The second-order valence-corrected chi connectivity index (χ2v) is 7.79. The fourth-order valence-corrected chi connectivity index (χ4v) is 4.35. The summed E-state index contributed by atoms with van der Waals surface area (Å²) >= 11 is 0. The lowest BCUT2D eigenvalue weighted by molar-refractivity contribution is -0.137. The fourth-order valence-electron chi connectivity index (χ4n) is 2.68. The molecule has 1 heterocycles. The fraction of sp³-hybridized carbons (Fsp3) is 0.375. The maximum Gasteiger partial charge on any atom is 0.318 e. The zero-order valence-electron chi connectivity index (χ0n) is 12.8. The number of pyridine rings is 1. The first-order valence-corrected chi connectivity index (χ1v) is 8.90. The second kappa shape index (κ2) is 5.90. The number of carboxylic acid groups (broad SMARTS) is 1. The molecule has 1 aromatic heterocycles. The number of rotatable bonds is 6. The van der Waals surface area contributed by atoms with E-state index in [9.17, 15) is 13.2 Å². The third-order valence-corrected chi connectivity index (χ3v) is 5.92. The molecule has 0 bridgehead atoms. The van der Waals surface area contributed by atoms with Crippen LogP contribution in [0.2, 0.25) is 0 Å². The van der Waals surface area contributed by atoms with Gasteiger partial charge in [0.25, 0.3) is 0 Å². The molecule has 1 fully saturated rings. The Balaban J connectivity index is 2.10. The second-order valence-electron chi connectivity index (χ2n) is 5.88. The van der Waals surface area contributed by atoms with Gasteiger partial charge in [-0.1, -0.05) is 12.1 Å². The molecule has 0 saturated heterocycles. The smallest absolute Gasteiger partial charge is 0.318 e. The van der Waals surface area contributed by atoms with Crippen LogP contribution in [0.5, 0.6) is 0 Å². The van der Waals surface area contributed by atoms with E-state index in [2.05, 4.69) is 4.98 Å². The average molecular weight is 334 g/mol. The molecule has 1 aliphatic carbocycles. The van der Waals surface area contributed by atoms with Crippen LogP contribution >= 0.6 is 0 Å². The molecule has 122 valence electrons. The summed E-state index contributed by atoms with van der Waals surface area (Å²) in [6, 6.07) is 6.67. The van der Waals surface area contributed by atoms with Gasteiger partial charge in [0.2, 0.25) is 10.0 Å². The monoisotopic (exact) mass is 334 g/mol. The van der Waals surface area contributed by atoms with Gasteiger partial charge in [0.05, 0.1) is 4.90 Å². The first-order chi connectivity index (χ1) is 10.9. The van der Waals surface area contributed by atoms with E-state index in [-0.39, 0.29) is 17.4 Å². The van der Waals surface area contributed by atoms with Crippen molar-refractivity contribution in [3.8, 4) is 0 Å². The minimum absolute atomic E-state index is 0.141. The van der Waals surface area contributed by atoms with Crippen LogP contribution in [-0.4, -0.2) is 41.9 Å². The molecule has 0 unspecified atom stereocenters. The molecule has 2 aromatic rings. The molecule has 0 aliphatic heterocycles. The molecule has 1 N–H and O–H groups in total. The van der Waals surface area contributed by atoms with Crippen molar-refractivity contribution < 1.29 is 18.3 Å². The standard InChI is InChI=1S/C16H18N2O4S/c1-11-13-3-2-4-15(14(13)7-8-17-11)23(21,22)18(10-16(19)20)9-12-5-6-12/h2-4,7-8,12H,5-6,9-10H2,1H3,(H,19,20). The van der Waals surface area contributed by atoms with Crippen molar-refractivity contribution >= 4 is 26.8 Å². The third kappa shape index (κ3) is 3.20. The van der Waals surface area contributed by atoms with Crippen molar-refractivity contribution in [2.75, 3.05) is 13.1 Å². The number of carboxylic acids is 1. The molecule has 23 heavy (non-hydrogen) atoms. The van der Waals surface area contributed by atoms with Crippen molar-refractivity contribution in [1.29, 1.82) is 0 Å². The molecular formula is C16H18N2O4S. The SMILES string of the molecule is Cc1nccc2c(S(=O)(=O)N(CC(=O)O)CC3CC3)cccc12. The van der Waals surface area contributed by atoms with Gasteiger partial charge in [-0.2, -0.15) is 4.31 Å². The number of aryl methyl sites for hydroxylation is 1. The minimum atomic E-state index is -3.87. The minimum Gasteiger partial charge on any atom is -0.480 e. The van der Waals surface area contributed by atoms with Crippen LogP contribution in [0.1, 0.15) is 18.5 Å². The summed E-state index contributed by atoms with van der Waals surface area (Å²) in [6.07, 6.45) is 3.47. The number of aromatic nitrogens is 1. The lowest BCUT2D eigenvalue weighted by Crippen LogP contribution is -2.37. The highest BCUT2D eigenvalue weighted by Gasteiger charge is 2.33. The highest BCUT2D eigenvalue weighted by atomic mass is 32.2. The highest BCUT2D eigenvalue weighted by molar-refractivity contribution is 7.89. The van der Waals surface area contributed by atoms with E-state index in [0.717, 1.165) is 28.2 Å². The number of sulfonamides is 1. The summed E-state index contributed by atoms with van der Waals surface area (Å²) in [7, 11) is -3.87. The van der Waals surface area contributed by atoms with Gasteiger partial charge >= 0.3 is 5.97 Å². The van der Waals surface area contributed by atoms with Gasteiger partial charge in [0, 0.05) is 29.2 Å². The maximum absolute atomic E-state index is 13.0. The van der Waals surface area contributed by atoms with Gasteiger partial charge in [-0.05, 0) is 37.8 Å². The molecule has 1 saturated carbocycles. The van der Waals surface area contributed by atoms with E-state index in [1.807, 2.05) is 13.0 Å². The Morgan fingerprint density at radius 1 is 1.30 bits per heavy atom. The van der Waals surface area contributed by atoms with Gasteiger partial charge in [-0.15, -0.1) is 0 Å². The van der Waals surface area contributed by atoms with Crippen LogP contribution in [0.25, 0.3) is 10.8 Å². The Labute approximate surface area is 134 Å². The third-order valence-electron chi connectivity index (χ3n) is 4.05. The first-order valence-electron chi connectivity index (χ1n) is 7.46. The summed E-state index contributed by atoms with van der Waals surface area (Å²) in [4.78, 5) is 15.4. The molecule has 0 radical (unpaired) electrons. The van der Waals surface area contributed by atoms with E-state index in [1.54, 1.807) is 18.3 Å². The van der Waals surface area contributed by atoms with E-state index in [1.165, 1.54) is 6.07 Å². The number of nitrogens with zero attached hydrogens (tertiary/aromatic N) is 2. The van der Waals surface area contributed by atoms with Crippen molar-refractivity contribution in [2.45, 2.75) is 24.7 Å². The number of hydrogen-bond donors (Lipinski definition) is 1. The molecule has 0 amide bonds. The molecule has 0 spiro atoms. The molecule has 3 rings (SSSR count). The normalized spacial score (nSPS) is 15.2. The first kappa shape index (κ1) is 15.9. The van der Waals surface area contributed by atoms with Crippen LogP contribution in [-0.2, 0) is 14.8 Å². The summed E-state index contributed by atoms with van der Waals surface area (Å²) in [5, 5.41) is 10.4. The zero-order valence-corrected chi connectivity index (χ0v) is 13.6. The van der Waals surface area contributed by atoms with Gasteiger partial charge in [-0.25, -0.2) is 8.42 Å². The summed E-state index contributed by atoms with van der Waals surface area (Å²) in [5.41, 5.74) is 0.742. The Bertz CT molecular complexity index is 860. The summed E-state index contributed by atoms with van der Waals surface area (Å²) in [6.45, 7) is 1.56. The van der Waals surface area contributed by atoms with Crippen molar-refractivity contribution in [3.63, 3.8) is 0 Å². The zero-order chi connectivity index (χ0) is 16.6. The van der Waals surface area contributed by atoms with E-state index in [4.69, 9.17) is 5.11 Å². The number of hydrogen-bond acceptors (Lipinski definition) is 4. The van der Waals surface area contributed by atoms with Gasteiger partial charge < -0.3 is 5.11 Å². The molecule has 0 atom stereocenters. The summed E-state index contributed by atoms with van der Waals surface area (Å²) < 4.78 is 27.1. The van der Waals surface area contributed by atoms with Gasteiger partial charge in [-0.3, -0.25) is 9.78 Å². The number of benzene rings is 1. The Morgan fingerprint density at radius 3 is 2.70 bits per heavy atom. The van der Waals surface area contributed by atoms with Crippen LogP contribution in [0.3, 0.4) is 0 Å². The van der Waals surface area contributed by atoms with Gasteiger partial charge in [0.15, 0.2) is 0 Å². The average Bonchev–Trinajstić information content (AvgIpc) is 3.30. The number of fused-ring (bicyclic) bond motifs is 1. The van der Waals surface area contributed by atoms with Crippen LogP contribution < -0.4 is 0 Å². The molecule has 1 aromatic carbocycles. The molecule has 1 aliphatic rings. The van der Waals surface area contributed by atoms with Crippen molar-refractivity contribution in [2.24, 2.45) is 5.92 Å². The molecule has 6 nitrogen and oxygen atoms in total. The van der Waals surface area contributed by atoms with Crippen molar-refractivity contribution in [3.05, 3.63) is 36.2 Å². The Morgan fingerprint density at radius 2 is 2.04 bits per heavy atom. The maximum atomic E-state index is 13.0. The van der Waals surface area contributed by atoms with Crippen molar-refractivity contribution in [1.82, 2.24) is 9.29 Å². The number of carbonyl (C=O) groups is 1. The predicted molar refractivity (Wildman–Crippen MR) is 85.6 cm³/mol. The quantitative estimate of drug-likeness (QED) is 0.873. The lowest BCUT2D eigenvalue weighted by atomic mass is 10.1. The molecule has 7 heteroatoms. The number of aliphatic carboxylic acids is 1.